The molecule has 1 aromatic heterocycles. The highest BCUT2D eigenvalue weighted by Crippen LogP contribution is 2.27. The largest absolute Gasteiger partial charge is 0.493 e. The van der Waals surface area contributed by atoms with Crippen molar-refractivity contribution in [2.45, 2.75) is 45.7 Å². The van der Waals surface area contributed by atoms with Gasteiger partial charge in [-0.15, -0.1) is 11.3 Å². The van der Waals surface area contributed by atoms with Crippen molar-refractivity contribution in [3.05, 3.63) is 80.9 Å². The molecule has 2 aromatic rings. The van der Waals surface area contributed by atoms with Crippen molar-refractivity contribution in [3.8, 4) is 0 Å². The van der Waals surface area contributed by atoms with Crippen LogP contribution in [0.25, 0.3) is 0 Å². The van der Waals surface area contributed by atoms with E-state index in [0.717, 1.165) is 35.9 Å². The lowest BCUT2D eigenvalue weighted by Crippen LogP contribution is -2.29. The summed E-state index contributed by atoms with van der Waals surface area (Å²) < 4.78 is 10.9. The van der Waals surface area contributed by atoms with E-state index in [1.54, 1.807) is 14.2 Å². The maximum absolute atomic E-state index is 12.4. The van der Waals surface area contributed by atoms with E-state index in [1.165, 1.54) is 22.5 Å². The second-order valence-electron chi connectivity index (χ2n) is 9.23. The molecule has 1 aliphatic carbocycles. The number of ether oxygens (including phenoxy) is 2. The number of carboxylic acids is 1. The minimum Gasteiger partial charge on any atom is -0.493 e. The van der Waals surface area contributed by atoms with Gasteiger partial charge in [0.05, 0.1) is 25.5 Å². The summed E-state index contributed by atoms with van der Waals surface area (Å²) in [6.07, 6.45) is 4.97. The Morgan fingerprint density at radius 1 is 1.08 bits per heavy atom. The molecule has 1 aliphatic rings. The van der Waals surface area contributed by atoms with E-state index in [2.05, 4.69) is 60.5 Å². The molecular weight excluding hydrogens is 476 g/mol. The molecule has 36 heavy (non-hydrogen) atoms. The van der Waals surface area contributed by atoms with Crippen molar-refractivity contribution in [2.75, 3.05) is 27.3 Å². The third-order valence-electron chi connectivity index (χ3n) is 6.11. The highest BCUT2D eigenvalue weighted by Gasteiger charge is 2.21. The number of amides is 1. The first-order valence-corrected chi connectivity index (χ1v) is 13.0. The molecule has 0 saturated heterocycles. The first-order chi connectivity index (χ1) is 17.3. The van der Waals surface area contributed by atoms with Gasteiger partial charge in [-0.25, -0.2) is 0 Å². The first-order valence-electron chi connectivity index (χ1n) is 12.2. The third kappa shape index (κ3) is 7.96. The summed E-state index contributed by atoms with van der Waals surface area (Å²) in [6.45, 7) is 6.81. The van der Waals surface area contributed by atoms with Crippen LogP contribution in [0.2, 0.25) is 0 Å². The summed E-state index contributed by atoms with van der Waals surface area (Å²) in [5, 5.41) is 11.5. The van der Waals surface area contributed by atoms with Crippen LogP contribution in [0.15, 0.2) is 60.1 Å². The van der Waals surface area contributed by atoms with Crippen LogP contribution in [0.1, 0.15) is 58.3 Å². The predicted molar refractivity (Wildman–Crippen MR) is 142 cm³/mol. The molecule has 0 spiro atoms. The molecule has 0 radical (unpaired) electrons. The van der Waals surface area contributed by atoms with Gasteiger partial charge in [0.1, 0.15) is 0 Å². The number of carbonyl (C=O) groups excluding carboxylic acids is 1. The van der Waals surface area contributed by atoms with Gasteiger partial charge < -0.3 is 19.9 Å². The van der Waals surface area contributed by atoms with Gasteiger partial charge in [-0.2, -0.15) is 0 Å². The average Bonchev–Trinajstić information content (AvgIpc) is 3.32. The zero-order chi connectivity index (χ0) is 26.1. The fraction of sp³-hybridized carbons (Fsp3) is 0.429. The Balaban J connectivity index is 1.72. The number of aliphatic carboxylic acids is 1. The van der Waals surface area contributed by atoms with E-state index in [1.807, 2.05) is 12.1 Å². The molecule has 194 valence electrons. The van der Waals surface area contributed by atoms with Crippen LogP contribution < -0.4 is 5.32 Å². The maximum Gasteiger partial charge on any atom is 0.305 e. The SMILES string of the molecule is COC1=CCC(CN(Cc2ccc(C(C)C)cc2)Cc2ccc(C(=O)NCCC(=O)O)s2)C=C1OC. The van der Waals surface area contributed by atoms with E-state index < -0.39 is 5.97 Å². The summed E-state index contributed by atoms with van der Waals surface area (Å²) in [7, 11) is 3.31. The normalized spacial score (nSPS) is 15.4. The fourth-order valence-electron chi connectivity index (χ4n) is 4.16. The van der Waals surface area contributed by atoms with Crippen LogP contribution in [0.4, 0.5) is 0 Å². The average molecular weight is 513 g/mol. The van der Waals surface area contributed by atoms with Gasteiger partial charge in [0.2, 0.25) is 0 Å². The molecule has 7 nitrogen and oxygen atoms in total. The zero-order valence-electron chi connectivity index (χ0n) is 21.5. The van der Waals surface area contributed by atoms with Crippen molar-refractivity contribution in [3.63, 3.8) is 0 Å². The number of hydrogen-bond acceptors (Lipinski definition) is 6. The van der Waals surface area contributed by atoms with Crippen molar-refractivity contribution in [1.29, 1.82) is 0 Å². The Kier molecular flexibility index (Phi) is 10.1. The van der Waals surface area contributed by atoms with Crippen LogP contribution >= 0.6 is 11.3 Å². The number of hydrogen-bond donors (Lipinski definition) is 2. The summed E-state index contributed by atoms with van der Waals surface area (Å²) in [5.41, 5.74) is 2.56. The van der Waals surface area contributed by atoms with E-state index >= 15 is 0 Å². The molecule has 0 bridgehead atoms. The van der Waals surface area contributed by atoms with Gasteiger partial charge in [-0.05, 0) is 53.7 Å². The van der Waals surface area contributed by atoms with Crippen LogP contribution in [-0.4, -0.2) is 49.2 Å². The second kappa shape index (κ2) is 13.3. The van der Waals surface area contributed by atoms with Crippen LogP contribution in [0, 0.1) is 5.92 Å². The van der Waals surface area contributed by atoms with Crippen molar-refractivity contribution in [1.82, 2.24) is 10.2 Å². The number of allylic oxidation sites excluding steroid dienone is 1. The van der Waals surface area contributed by atoms with Crippen LogP contribution in [0.5, 0.6) is 0 Å². The smallest absolute Gasteiger partial charge is 0.305 e. The molecule has 0 fully saturated rings. The maximum atomic E-state index is 12.4. The number of carbonyl (C=O) groups is 2. The molecule has 3 rings (SSSR count). The molecule has 1 heterocycles. The third-order valence-corrected chi connectivity index (χ3v) is 7.18. The minimum atomic E-state index is -0.930. The Hall–Kier alpha value is -3.10. The van der Waals surface area contributed by atoms with Gasteiger partial charge in [-0.3, -0.25) is 14.5 Å². The van der Waals surface area contributed by atoms with Crippen molar-refractivity contribution >= 4 is 23.2 Å². The first kappa shape index (κ1) is 27.5. The van der Waals surface area contributed by atoms with Gasteiger partial charge in [0, 0.05) is 31.1 Å². The fourth-order valence-corrected chi connectivity index (χ4v) is 5.13. The highest BCUT2D eigenvalue weighted by atomic mass is 32.1. The topological polar surface area (TPSA) is 88.1 Å². The Labute approximate surface area is 217 Å². The number of thiophene rings is 1. The Morgan fingerprint density at radius 3 is 2.44 bits per heavy atom. The predicted octanol–water partition coefficient (Wildman–Crippen LogP) is 5.16. The molecule has 1 amide bonds. The monoisotopic (exact) mass is 512 g/mol. The van der Waals surface area contributed by atoms with Gasteiger partial charge in [-0.1, -0.05) is 38.1 Å². The van der Waals surface area contributed by atoms with E-state index in [0.29, 0.717) is 17.3 Å². The molecule has 1 atom stereocenters. The van der Waals surface area contributed by atoms with Gasteiger partial charge in [0.25, 0.3) is 5.91 Å². The molecule has 1 unspecified atom stereocenters. The van der Waals surface area contributed by atoms with Crippen molar-refractivity contribution in [2.24, 2.45) is 5.92 Å². The standard InChI is InChI=1S/C28H36N2O5S/c1-19(2)22-8-5-20(6-9-22)16-30(17-21-7-11-24(34-3)25(15-21)35-4)18-23-10-12-26(36-23)28(33)29-14-13-27(31)32/h5-6,8-12,15,19,21H,7,13-14,16-18H2,1-4H3,(H,29,33)(H,31,32). The molecule has 8 heteroatoms. The Morgan fingerprint density at radius 2 is 1.81 bits per heavy atom. The summed E-state index contributed by atoms with van der Waals surface area (Å²) in [5.74, 6) is 1.11. The van der Waals surface area contributed by atoms with E-state index in [4.69, 9.17) is 14.6 Å². The van der Waals surface area contributed by atoms with Gasteiger partial charge in [0.15, 0.2) is 11.5 Å². The molecule has 1 aromatic carbocycles. The second-order valence-corrected chi connectivity index (χ2v) is 10.4. The zero-order valence-corrected chi connectivity index (χ0v) is 22.3. The molecule has 2 N–H and O–H groups in total. The van der Waals surface area contributed by atoms with E-state index in [-0.39, 0.29) is 24.8 Å². The number of nitrogens with one attached hydrogen (secondary N) is 1. The number of nitrogens with zero attached hydrogens (tertiary/aromatic N) is 1. The summed E-state index contributed by atoms with van der Waals surface area (Å²) in [6, 6.07) is 12.6. The number of benzene rings is 1. The number of carboxylic acid groups (broad SMARTS) is 1. The number of rotatable bonds is 13. The lowest BCUT2D eigenvalue weighted by molar-refractivity contribution is -0.136. The van der Waals surface area contributed by atoms with Crippen LogP contribution in [-0.2, 0) is 27.4 Å². The van der Waals surface area contributed by atoms with Crippen LogP contribution in [0.3, 0.4) is 0 Å². The summed E-state index contributed by atoms with van der Waals surface area (Å²) >= 11 is 1.44. The highest BCUT2D eigenvalue weighted by molar-refractivity contribution is 7.14. The number of methoxy groups -OCH3 is 2. The molecule has 0 saturated carbocycles. The van der Waals surface area contributed by atoms with E-state index in [9.17, 15) is 9.59 Å². The lowest BCUT2D eigenvalue weighted by atomic mass is 9.97. The lowest BCUT2D eigenvalue weighted by Gasteiger charge is -2.28. The molecule has 0 aliphatic heterocycles. The summed E-state index contributed by atoms with van der Waals surface area (Å²) in [4.78, 5) is 27.2. The van der Waals surface area contributed by atoms with Crippen molar-refractivity contribution < 1.29 is 24.2 Å². The Bertz CT molecular complexity index is 1090. The minimum absolute atomic E-state index is 0.0923. The molecular formula is C28H36N2O5S. The van der Waals surface area contributed by atoms with Gasteiger partial charge >= 0.3 is 5.97 Å². The quantitative estimate of drug-likeness (QED) is 0.386.